The number of benzene rings is 1. The number of hydrogen-bond donors (Lipinski definition) is 1. The van der Waals surface area contributed by atoms with Gasteiger partial charge in [-0.25, -0.2) is 0 Å². The molecule has 0 aliphatic carbocycles. The van der Waals surface area contributed by atoms with Crippen molar-refractivity contribution in [2.75, 3.05) is 0 Å². The van der Waals surface area contributed by atoms with Crippen molar-refractivity contribution in [3.05, 3.63) is 46.5 Å². The van der Waals surface area contributed by atoms with E-state index in [9.17, 15) is 0 Å². The lowest BCUT2D eigenvalue weighted by Gasteiger charge is -2.15. The Balaban J connectivity index is 1.98. The van der Waals surface area contributed by atoms with Gasteiger partial charge in [-0.3, -0.25) is 0 Å². The molecule has 84 valence electrons. The van der Waals surface area contributed by atoms with Gasteiger partial charge < -0.3 is 5.32 Å². The predicted octanol–water partition coefficient (Wildman–Crippen LogP) is 2.70. The van der Waals surface area contributed by atoms with Crippen molar-refractivity contribution in [1.82, 2.24) is 14.9 Å². The van der Waals surface area contributed by atoms with Gasteiger partial charge in [-0.1, -0.05) is 28.8 Å². The van der Waals surface area contributed by atoms with E-state index in [1.807, 2.05) is 5.38 Å². The van der Waals surface area contributed by atoms with Crippen LogP contribution >= 0.6 is 11.5 Å². The molecule has 1 atom stereocenters. The lowest BCUT2D eigenvalue weighted by Crippen LogP contribution is -2.19. The zero-order chi connectivity index (χ0) is 11.4. The van der Waals surface area contributed by atoms with Crippen molar-refractivity contribution in [1.29, 1.82) is 0 Å². The second-order valence-corrected chi connectivity index (χ2v) is 4.47. The van der Waals surface area contributed by atoms with Crippen LogP contribution in [-0.4, -0.2) is 9.59 Å². The van der Waals surface area contributed by atoms with E-state index in [0.29, 0.717) is 6.04 Å². The van der Waals surface area contributed by atoms with E-state index in [0.717, 1.165) is 12.2 Å². The van der Waals surface area contributed by atoms with E-state index in [2.05, 4.69) is 53.0 Å². The van der Waals surface area contributed by atoms with Crippen molar-refractivity contribution < 1.29 is 0 Å². The maximum Gasteiger partial charge on any atom is 0.0893 e. The normalized spacial score (nSPS) is 12.6. The maximum atomic E-state index is 4.01. The van der Waals surface area contributed by atoms with Gasteiger partial charge in [0.2, 0.25) is 0 Å². The first-order valence-electron chi connectivity index (χ1n) is 5.32. The third-order valence-electron chi connectivity index (χ3n) is 2.65. The smallest absolute Gasteiger partial charge is 0.0893 e. The summed E-state index contributed by atoms with van der Waals surface area (Å²) in [6.07, 6.45) is 0. The maximum absolute atomic E-state index is 4.01. The topological polar surface area (TPSA) is 37.8 Å². The zero-order valence-electron chi connectivity index (χ0n) is 9.47. The van der Waals surface area contributed by atoms with Gasteiger partial charge in [-0.05, 0) is 36.5 Å². The second-order valence-electron chi connectivity index (χ2n) is 3.86. The van der Waals surface area contributed by atoms with Gasteiger partial charge in [0.25, 0.3) is 0 Å². The second kappa shape index (κ2) is 5.18. The van der Waals surface area contributed by atoms with Gasteiger partial charge in [0.1, 0.15) is 0 Å². The van der Waals surface area contributed by atoms with Gasteiger partial charge in [-0.2, -0.15) is 0 Å². The Bertz CT molecular complexity index is 439. The molecule has 1 aromatic carbocycles. The molecule has 1 heterocycles. The van der Waals surface area contributed by atoms with Crippen LogP contribution in [-0.2, 0) is 6.54 Å². The average Bonchev–Trinajstić information content (AvgIpc) is 2.79. The molecule has 1 N–H and O–H groups in total. The van der Waals surface area contributed by atoms with Crippen molar-refractivity contribution in [2.45, 2.75) is 26.4 Å². The van der Waals surface area contributed by atoms with Gasteiger partial charge in [0.05, 0.1) is 5.69 Å². The van der Waals surface area contributed by atoms with Crippen LogP contribution < -0.4 is 5.32 Å². The molecule has 0 unspecified atom stereocenters. The molecule has 0 amide bonds. The molecular formula is C12H15N3S. The third-order valence-corrected chi connectivity index (χ3v) is 3.20. The van der Waals surface area contributed by atoms with Crippen LogP contribution in [0.25, 0.3) is 0 Å². The van der Waals surface area contributed by atoms with Crippen LogP contribution in [0.3, 0.4) is 0 Å². The number of hydrogen-bond acceptors (Lipinski definition) is 4. The number of rotatable bonds is 4. The molecule has 1 aromatic heterocycles. The highest BCUT2D eigenvalue weighted by atomic mass is 32.1. The van der Waals surface area contributed by atoms with E-state index >= 15 is 0 Å². The first-order valence-corrected chi connectivity index (χ1v) is 6.16. The molecule has 0 bridgehead atoms. The largest absolute Gasteiger partial charge is 0.304 e. The molecular weight excluding hydrogens is 218 g/mol. The Kier molecular flexibility index (Phi) is 3.64. The predicted molar refractivity (Wildman–Crippen MR) is 66.3 cm³/mol. The fourth-order valence-electron chi connectivity index (χ4n) is 1.70. The van der Waals surface area contributed by atoms with Crippen molar-refractivity contribution >= 4 is 11.5 Å². The minimum atomic E-state index is 0.336. The Labute approximate surface area is 99.7 Å². The zero-order valence-corrected chi connectivity index (χ0v) is 10.3. The number of aromatic nitrogens is 2. The first kappa shape index (κ1) is 11.2. The average molecular weight is 233 g/mol. The van der Waals surface area contributed by atoms with Crippen molar-refractivity contribution in [3.63, 3.8) is 0 Å². The summed E-state index contributed by atoms with van der Waals surface area (Å²) >= 11 is 1.39. The van der Waals surface area contributed by atoms with Gasteiger partial charge in [0.15, 0.2) is 0 Å². The summed E-state index contributed by atoms with van der Waals surface area (Å²) < 4.78 is 3.84. The molecule has 0 fully saturated rings. The van der Waals surface area contributed by atoms with E-state index in [1.165, 1.54) is 22.7 Å². The van der Waals surface area contributed by atoms with E-state index in [4.69, 9.17) is 0 Å². The molecule has 2 aromatic rings. The highest BCUT2D eigenvalue weighted by Gasteiger charge is 2.07. The Morgan fingerprint density at radius 3 is 2.88 bits per heavy atom. The minimum Gasteiger partial charge on any atom is -0.304 e. The Hall–Kier alpha value is -1.26. The van der Waals surface area contributed by atoms with Crippen LogP contribution in [0.2, 0.25) is 0 Å². The van der Waals surface area contributed by atoms with Crippen LogP contribution in [0.4, 0.5) is 0 Å². The molecule has 0 saturated carbocycles. The van der Waals surface area contributed by atoms with Gasteiger partial charge >= 0.3 is 0 Å². The quantitative estimate of drug-likeness (QED) is 0.882. The summed E-state index contributed by atoms with van der Waals surface area (Å²) in [5, 5.41) is 9.43. The Morgan fingerprint density at radius 2 is 2.19 bits per heavy atom. The van der Waals surface area contributed by atoms with Crippen LogP contribution in [0, 0.1) is 6.92 Å². The molecule has 2 rings (SSSR count). The molecule has 0 radical (unpaired) electrons. The molecule has 3 nitrogen and oxygen atoms in total. The lowest BCUT2D eigenvalue weighted by atomic mass is 10.0. The molecule has 0 aliphatic rings. The summed E-state index contributed by atoms with van der Waals surface area (Å²) in [6.45, 7) is 5.08. The van der Waals surface area contributed by atoms with Crippen molar-refractivity contribution in [2.24, 2.45) is 0 Å². The van der Waals surface area contributed by atoms with Crippen LogP contribution in [0.15, 0.2) is 29.6 Å². The Morgan fingerprint density at radius 1 is 1.38 bits per heavy atom. The monoisotopic (exact) mass is 233 g/mol. The van der Waals surface area contributed by atoms with Crippen LogP contribution in [0.1, 0.15) is 29.8 Å². The molecule has 0 aliphatic heterocycles. The molecule has 0 spiro atoms. The fourth-order valence-corrected chi connectivity index (χ4v) is 2.15. The van der Waals surface area contributed by atoms with Crippen molar-refractivity contribution in [3.8, 4) is 0 Å². The van der Waals surface area contributed by atoms with Gasteiger partial charge in [-0.15, -0.1) is 5.10 Å². The highest BCUT2D eigenvalue weighted by molar-refractivity contribution is 7.03. The molecule has 0 saturated heterocycles. The SMILES string of the molecule is Cc1ccccc1[C@@H](C)NCc1csnn1. The van der Waals surface area contributed by atoms with Crippen LogP contribution in [0.5, 0.6) is 0 Å². The summed E-state index contributed by atoms with van der Waals surface area (Å²) in [7, 11) is 0. The summed E-state index contributed by atoms with van der Waals surface area (Å²) in [4.78, 5) is 0. The third kappa shape index (κ3) is 2.65. The number of nitrogens with zero attached hydrogens (tertiary/aromatic N) is 2. The summed E-state index contributed by atoms with van der Waals surface area (Å²) in [5.74, 6) is 0. The number of aryl methyl sites for hydroxylation is 1. The first-order chi connectivity index (χ1) is 7.77. The number of nitrogens with one attached hydrogen (secondary N) is 1. The van der Waals surface area contributed by atoms with E-state index in [1.54, 1.807) is 0 Å². The standard InChI is InChI=1S/C12H15N3S/c1-9-5-3-4-6-12(9)10(2)13-7-11-8-16-15-14-11/h3-6,8,10,13H,7H2,1-2H3/t10-/m1/s1. The minimum absolute atomic E-state index is 0.336. The summed E-state index contributed by atoms with van der Waals surface area (Å²) in [5.41, 5.74) is 3.66. The molecule has 4 heteroatoms. The molecule has 16 heavy (non-hydrogen) atoms. The van der Waals surface area contributed by atoms with Gasteiger partial charge in [0, 0.05) is 18.0 Å². The van der Waals surface area contributed by atoms with E-state index < -0.39 is 0 Å². The van der Waals surface area contributed by atoms with E-state index in [-0.39, 0.29) is 0 Å². The fraction of sp³-hybridized carbons (Fsp3) is 0.333. The highest BCUT2D eigenvalue weighted by Crippen LogP contribution is 2.16. The lowest BCUT2D eigenvalue weighted by molar-refractivity contribution is 0.565. The summed E-state index contributed by atoms with van der Waals surface area (Å²) in [6, 6.07) is 8.77.